The van der Waals surface area contributed by atoms with Gasteiger partial charge >= 0.3 is 0 Å². The molecule has 0 radical (unpaired) electrons. The molecule has 3 nitrogen and oxygen atoms in total. The van der Waals surface area contributed by atoms with Crippen LogP contribution in [-0.4, -0.2) is 49.8 Å². The fourth-order valence-electron chi connectivity index (χ4n) is 2.78. The van der Waals surface area contributed by atoms with Crippen LogP contribution in [0.25, 0.3) is 0 Å². The molecule has 94 valence electrons. The molecule has 3 heteroatoms. The Hall–Kier alpha value is -0.120. The number of ether oxygens (including phenoxy) is 1. The van der Waals surface area contributed by atoms with E-state index < -0.39 is 0 Å². The first-order valence-electron chi connectivity index (χ1n) is 6.92. The maximum Gasteiger partial charge on any atom is 0.0700 e. The summed E-state index contributed by atoms with van der Waals surface area (Å²) in [6, 6.07) is 0.790. The zero-order valence-electron chi connectivity index (χ0n) is 10.6. The first kappa shape index (κ1) is 12.3. The molecule has 2 heterocycles. The number of hydrogen-bond acceptors (Lipinski definition) is 3. The Kier molecular flexibility index (Phi) is 5.07. The first-order valence-corrected chi connectivity index (χ1v) is 6.92. The molecule has 0 aliphatic carbocycles. The normalized spacial score (nSPS) is 32.1. The molecular formula is C13H26N2O. The van der Waals surface area contributed by atoms with Crippen LogP contribution in [0.3, 0.4) is 0 Å². The molecule has 2 unspecified atom stereocenters. The molecule has 2 atom stereocenters. The van der Waals surface area contributed by atoms with Crippen LogP contribution in [0.5, 0.6) is 0 Å². The zero-order chi connectivity index (χ0) is 11.2. The third-order valence-corrected chi connectivity index (χ3v) is 3.91. The third-order valence-electron chi connectivity index (χ3n) is 3.91. The van der Waals surface area contributed by atoms with E-state index in [0.717, 1.165) is 25.7 Å². The molecule has 0 aromatic carbocycles. The van der Waals surface area contributed by atoms with Crippen LogP contribution in [-0.2, 0) is 4.74 Å². The Balaban J connectivity index is 1.53. The van der Waals surface area contributed by atoms with Crippen LogP contribution in [0.1, 0.15) is 39.0 Å². The zero-order valence-corrected chi connectivity index (χ0v) is 10.6. The molecule has 2 saturated heterocycles. The van der Waals surface area contributed by atoms with Crippen molar-refractivity contribution in [2.75, 3.05) is 32.8 Å². The van der Waals surface area contributed by atoms with Gasteiger partial charge in [0.15, 0.2) is 0 Å². The Bertz CT molecular complexity index is 192. The van der Waals surface area contributed by atoms with Crippen LogP contribution in [0.4, 0.5) is 0 Å². The van der Waals surface area contributed by atoms with Gasteiger partial charge in [-0.2, -0.15) is 0 Å². The van der Waals surface area contributed by atoms with Gasteiger partial charge in [0.05, 0.1) is 6.10 Å². The first-order chi connectivity index (χ1) is 7.86. The lowest BCUT2D eigenvalue weighted by molar-refractivity contribution is 0.107. The van der Waals surface area contributed by atoms with Crippen molar-refractivity contribution in [3.63, 3.8) is 0 Å². The molecule has 2 aliphatic rings. The minimum absolute atomic E-state index is 0.485. The summed E-state index contributed by atoms with van der Waals surface area (Å²) in [6.07, 6.45) is 7.16. The molecule has 16 heavy (non-hydrogen) atoms. The second kappa shape index (κ2) is 6.58. The van der Waals surface area contributed by atoms with E-state index in [2.05, 4.69) is 17.1 Å². The van der Waals surface area contributed by atoms with Crippen LogP contribution in [0, 0.1) is 0 Å². The molecule has 0 aromatic rings. The lowest BCUT2D eigenvalue weighted by Crippen LogP contribution is -2.42. The SMILES string of the molecule is CC1CCCCN1CCNCC1CCCO1. The number of nitrogens with one attached hydrogen (secondary N) is 1. The molecule has 2 aliphatic heterocycles. The summed E-state index contributed by atoms with van der Waals surface area (Å²) in [5, 5.41) is 3.53. The van der Waals surface area contributed by atoms with Crippen molar-refractivity contribution in [2.45, 2.75) is 51.2 Å². The topological polar surface area (TPSA) is 24.5 Å². The second-order valence-corrected chi connectivity index (χ2v) is 5.22. The number of nitrogens with zero attached hydrogens (tertiary/aromatic N) is 1. The van der Waals surface area contributed by atoms with Crippen molar-refractivity contribution in [3.8, 4) is 0 Å². The molecule has 0 bridgehead atoms. The van der Waals surface area contributed by atoms with E-state index in [1.807, 2.05) is 0 Å². The van der Waals surface area contributed by atoms with E-state index in [1.165, 1.54) is 45.2 Å². The standard InChI is InChI=1S/C13H26N2O/c1-12-5-2-3-8-15(12)9-7-14-11-13-6-4-10-16-13/h12-14H,2-11H2,1H3. The Labute approximate surface area is 99.5 Å². The highest BCUT2D eigenvalue weighted by molar-refractivity contribution is 4.74. The summed E-state index contributed by atoms with van der Waals surface area (Å²) in [5.74, 6) is 0. The summed E-state index contributed by atoms with van der Waals surface area (Å²) >= 11 is 0. The van der Waals surface area contributed by atoms with E-state index in [-0.39, 0.29) is 0 Å². The Morgan fingerprint density at radius 2 is 2.19 bits per heavy atom. The number of rotatable bonds is 5. The molecule has 2 fully saturated rings. The van der Waals surface area contributed by atoms with E-state index in [0.29, 0.717) is 6.10 Å². The Morgan fingerprint density at radius 3 is 2.94 bits per heavy atom. The molecule has 0 saturated carbocycles. The lowest BCUT2D eigenvalue weighted by Gasteiger charge is -2.33. The van der Waals surface area contributed by atoms with Gasteiger partial charge in [0, 0.05) is 32.3 Å². The van der Waals surface area contributed by atoms with Gasteiger partial charge < -0.3 is 10.1 Å². The average Bonchev–Trinajstić information content (AvgIpc) is 2.79. The lowest BCUT2D eigenvalue weighted by atomic mass is 10.0. The van der Waals surface area contributed by atoms with Gasteiger partial charge in [-0.05, 0) is 39.2 Å². The minimum atomic E-state index is 0.485. The highest BCUT2D eigenvalue weighted by Gasteiger charge is 2.18. The summed E-state index contributed by atoms with van der Waals surface area (Å²) in [5.41, 5.74) is 0. The molecule has 0 spiro atoms. The van der Waals surface area contributed by atoms with Gasteiger partial charge in [0.25, 0.3) is 0 Å². The summed E-state index contributed by atoms with van der Waals surface area (Å²) in [7, 11) is 0. The summed E-state index contributed by atoms with van der Waals surface area (Å²) in [6.45, 7) is 7.98. The predicted molar refractivity (Wildman–Crippen MR) is 66.7 cm³/mol. The highest BCUT2D eigenvalue weighted by Crippen LogP contribution is 2.15. The molecule has 1 N–H and O–H groups in total. The van der Waals surface area contributed by atoms with Gasteiger partial charge in [0.2, 0.25) is 0 Å². The van der Waals surface area contributed by atoms with Crippen molar-refractivity contribution in [2.24, 2.45) is 0 Å². The van der Waals surface area contributed by atoms with Crippen molar-refractivity contribution in [1.82, 2.24) is 10.2 Å². The molecule has 0 aromatic heterocycles. The van der Waals surface area contributed by atoms with Crippen molar-refractivity contribution < 1.29 is 4.74 Å². The smallest absolute Gasteiger partial charge is 0.0700 e. The average molecular weight is 226 g/mol. The monoisotopic (exact) mass is 226 g/mol. The fraction of sp³-hybridized carbons (Fsp3) is 1.00. The number of likely N-dealkylation sites (tertiary alicyclic amines) is 1. The Morgan fingerprint density at radius 1 is 1.25 bits per heavy atom. The predicted octanol–water partition coefficient (Wildman–Crippen LogP) is 1.63. The van der Waals surface area contributed by atoms with E-state index >= 15 is 0 Å². The van der Waals surface area contributed by atoms with Crippen molar-refractivity contribution >= 4 is 0 Å². The van der Waals surface area contributed by atoms with E-state index in [9.17, 15) is 0 Å². The highest BCUT2D eigenvalue weighted by atomic mass is 16.5. The largest absolute Gasteiger partial charge is 0.377 e. The van der Waals surface area contributed by atoms with Crippen LogP contribution >= 0.6 is 0 Å². The van der Waals surface area contributed by atoms with Gasteiger partial charge in [-0.3, -0.25) is 4.90 Å². The van der Waals surface area contributed by atoms with Crippen LogP contribution < -0.4 is 5.32 Å². The van der Waals surface area contributed by atoms with Gasteiger partial charge in [-0.25, -0.2) is 0 Å². The minimum Gasteiger partial charge on any atom is -0.377 e. The number of hydrogen-bond donors (Lipinski definition) is 1. The van der Waals surface area contributed by atoms with Crippen LogP contribution in [0.15, 0.2) is 0 Å². The van der Waals surface area contributed by atoms with Gasteiger partial charge in [-0.15, -0.1) is 0 Å². The van der Waals surface area contributed by atoms with Gasteiger partial charge in [0.1, 0.15) is 0 Å². The van der Waals surface area contributed by atoms with Crippen molar-refractivity contribution in [3.05, 3.63) is 0 Å². The molecule has 0 amide bonds. The quantitative estimate of drug-likeness (QED) is 0.721. The summed E-state index contributed by atoms with van der Waals surface area (Å²) < 4.78 is 5.59. The second-order valence-electron chi connectivity index (χ2n) is 5.22. The fourth-order valence-corrected chi connectivity index (χ4v) is 2.78. The molecular weight excluding hydrogens is 200 g/mol. The summed E-state index contributed by atoms with van der Waals surface area (Å²) in [4.78, 5) is 2.62. The molecule has 2 rings (SSSR count). The third kappa shape index (κ3) is 3.72. The maximum absolute atomic E-state index is 5.59. The number of piperidine rings is 1. The maximum atomic E-state index is 5.59. The van der Waals surface area contributed by atoms with Gasteiger partial charge in [-0.1, -0.05) is 6.42 Å². The van der Waals surface area contributed by atoms with Crippen molar-refractivity contribution in [1.29, 1.82) is 0 Å². The van der Waals surface area contributed by atoms with E-state index in [4.69, 9.17) is 4.74 Å². The van der Waals surface area contributed by atoms with Crippen LogP contribution in [0.2, 0.25) is 0 Å². The van der Waals surface area contributed by atoms with E-state index in [1.54, 1.807) is 0 Å².